The van der Waals surface area contributed by atoms with Crippen molar-refractivity contribution in [3.63, 3.8) is 0 Å². The van der Waals surface area contributed by atoms with Crippen molar-refractivity contribution in [3.05, 3.63) is 45.8 Å². The largest absolute Gasteiger partial charge is 0.340 e. The van der Waals surface area contributed by atoms with Crippen LogP contribution in [0.25, 0.3) is 0 Å². The van der Waals surface area contributed by atoms with E-state index in [4.69, 9.17) is 4.52 Å². The van der Waals surface area contributed by atoms with E-state index in [0.29, 0.717) is 16.2 Å². The number of hydrogen-bond acceptors (Lipinski definition) is 4. The summed E-state index contributed by atoms with van der Waals surface area (Å²) in [6.45, 7) is 5.08. The van der Waals surface area contributed by atoms with Gasteiger partial charge in [0.15, 0.2) is 5.82 Å². The van der Waals surface area contributed by atoms with Crippen LogP contribution in [0.15, 0.2) is 27.2 Å². The molecule has 0 spiro atoms. The van der Waals surface area contributed by atoms with Crippen LogP contribution in [0.3, 0.4) is 0 Å². The van der Waals surface area contributed by atoms with Crippen molar-refractivity contribution in [2.24, 2.45) is 0 Å². The standard InChI is InChI=1S/C13H13BrFN3O2/c1-7-16-12(18-20-7)13(2,3)17-11(19)9-6-8(14)4-5-10(9)15/h4-6H,1-3H3,(H,17,19). The van der Waals surface area contributed by atoms with Gasteiger partial charge in [0.2, 0.25) is 5.89 Å². The maximum atomic E-state index is 13.7. The number of nitrogens with zero attached hydrogens (tertiary/aromatic N) is 2. The molecule has 2 rings (SSSR count). The number of aryl methyl sites for hydroxylation is 1. The number of aromatic nitrogens is 2. The number of amides is 1. The summed E-state index contributed by atoms with van der Waals surface area (Å²) in [5, 5.41) is 6.46. The van der Waals surface area contributed by atoms with Gasteiger partial charge in [-0.25, -0.2) is 4.39 Å². The lowest BCUT2D eigenvalue weighted by Gasteiger charge is -2.22. The smallest absolute Gasteiger partial charge is 0.255 e. The highest BCUT2D eigenvalue weighted by molar-refractivity contribution is 9.10. The lowest BCUT2D eigenvalue weighted by Crippen LogP contribution is -2.42. The number of nitrogens with one attached hydrogen (secondary N) is 1. The van der Waals surface area contributed by atoms with Crippen molar-refractivity contribution >= 4 is 21.8 Å². The number of carbonyl (C=O) groups excluding carboxylic acids is 1. The molecule has 1 aromatic carbocycles. The van der Waals surface area contributed by atoms with Crippen molar-refractivity contribution in [2.45, 2.75) is 26.3 Å². The molecule has 1 amide bonds. The van der Waals surface area contributed by atoms with E-state index in [2.05, 4.69) is 31.4 Å². The van der Waals surface area contributed by atoms with Crippen LogP contribution in [0.2, 0.25) is 0 Å². The SMILES string of the molecule is Cc1nc(C(C)(C)NC(=O)c2cc(Br)ccc2F)no1. The van der Waals surface area contributed by atoms with Gasteiger partial charge in [0.1, 0.15) is 5.82 Å². The first kappa shape index (κ1) is 14.6. The Labute approximate surface area is 123 Å². The first-order valence-corrected chi connectivity index (χ1v) is 6.67. The first-order chi connectivity index (χ1) is 9.29. The summed E-state index contributed by atoms with van der Waals surface area (Å²) in [6, 6.07) is 4.17. The molecule has 0 saturated carbocycles. The summed E-state index contributed by atoms with van der Waals surface area (Å²) in [5.74, 6) is -0.406. The zero-order chi connectivity index (χ0) is 14.9. The van der Waals surface area contributed by atoms with Crippen LogP contribution in [0, 0.1) is 12.7 Å². The molecule has 1 aromatic heterocycles. The molecule has 106 valence electrons. The summed E-state index contributed by atoms with van der Waals surface area (Å²) in [4.78, 5) is 16.2. The minimum Gasteiger partial charge on any atom is -0.340 e. The minimum atomic E-state index is -0.871. The maximum Gasteiger partial charge on any atom is 0.255 e. The van der Waals surface area contributed by atoms with Crippen molar-refractivity contribution in [1.82, 2.24) is 15.5 Å². The molecular weight excluding hydrogens is 329 g/mol. The zero-order valence-electron chi connectivity index (χ0n) is 11.2. The van der Waals surface area contributed by atoms with Gasteiger partial charge < -0.3 is 9.84 Å². The van der Waals surface area contributed by atoms with Crippen molar-refractivity contribution in [3.8, 4) is 0 Å². The Morgan fingerprint density at radius 2 is 2.15 bits per heavy atom. The number of benzene rings is 1. The van der Waals surface area contributed by atoms with Gasteiger partial charge in [0.05, 0.1) is 11.1 Å². The maximum absolute atomic E-state index is 13.7. The molecule has 2 aromatic rings. The first-order valence-electron chi connectivity index (χ1n) is 5.88. The molecule has 0 aliphatic heterocycles. The van der Waals surface area contributed by atoms with E-state index in [1.165, 1.54) is 18.2 Å². The van der Waals surface area contributed by atoms with Gasteiger partial charge in [0, 0.05) is 11.4 Å². The van der Waals surface area contributed by atoms with E-state index in [1.807, 2.05) is 0 Å². The minimum absolute atomic E-state index is 0.0485. The summed E-state index contributed by atoms with van der Waals surface area (Å²) in [5.41, 5.74) is -0.920. The van der Waals surface area contributed by atoms with Gasteiger partial charge in [-0.2, -0.15) is 4.98 Å². The Morgan fingerprint density at radius 3 is 2.75 bits per heavy atom. The van der Waals surface area contributed by atoms with E-state index >= 15 is 0 Å². The average molecular weight is 342 g/mol. The van der Waals surface area contributed by atoms with Crippen LogP contribution in [-0.4, -0.2) is 16.0 Å². The molecule has 1 N–H and O–H groups in total. The number of carbonyl (C=O) groups is 1. The van der Waals surface area contributed by atoms with Crippen LogP contribution in [-0.2, 0) is 5.54 Å². The van der Waals surface area contributed by atoms with Crippen LogP contribution >= 0.6 is 15.9 Å². The lowest BCUT2D eigenvalue weighted by molar-refractivity contribution is 0.0903. The summed E-state index contributed by atoms with van der Waals surface area (Å²) < 4.78 is 19.2. The van der Waals surface area contributed by atoms with Crippen molar-refractivity contribution in [2.75, 3.05) is 0 Å². The highest BCUT2D eigenvalue weighted by Gasteiger charge is 2.29. The monoisotopic (exact) mass is 341 g/mol. The second-order valence-electron chi connectivity index (χ2n) is 4.84. The molecule has 1 heterocycles. The Bertz CT molecular complexity index is 655. The predicted molar refractivity (Wildman–Crippen MR) is 73.6 cm³/mol. The molecule has 0 saturated heterocycles. The summed E-state index contributed by atoms with van der Waals surface area (Å²) in [7, 11) is 0. The molecule has 0 fully saturated rings. The fourth-order valence-corrected chi connectivity index (χ4v) is 1.99. The Kier molecular flexibility index (Phi) is 3.89. The quantitative estimate of drug-likeness (QED) is 0.931. The van der Waals surface area contributed by atoms with Gasteiger partial charge in [-0.05, 0) is 32.0 Å². The van der Waals surface area contributed by atoms with Crippen LogP contribution in [0.1, 0.15) is 35.9 Å². The molecule has 0 bridgehead atoms. The van der Waals surface area contributed by atoms with E-state index in [0.717, 1.165) is 0 Å². The molecule has 20 heavy (non-hydrogen) atoms. The molecule has 0 unspecified atom stereocenters. The fraction of sp³-hybridized carbons (Fsp3) is 0.308. The number of rotatable bonds is 3. The Balaban J connectivity index is 2.24. The normalized spacial score (nSPS) is 11.4. The predicted octanol–water partition coefficient (Wildman–Crippen LogP) is 2.94. The van der Waals surface area contributed by atoms with E-state index < -0.39 is 17.3 Å². The second kappa shape index (κ2) is 5.32. The third-order valence-electron chi connectivity index (χ3n) is 2.69. The third kappa shape index (κ3) is 3.04. The molecule has 0 atom stereocenters. The average Bonchev–Trinajstić information content (AvgIpc) is 2.79. The Morgan fingerprint density at radius 1 is 1.45 bits per heavy atom. The van der Waals surface area contributed by atoms with Crippen LogP contribution < -0.4 is 5.32 Å². The Hall–Kier alpha value is -1.76. The second-order valence-corrected chi connectivity index (χ2v) is 5.76. The molecular formula is C13H13BrFN3O2. The van der Waals surface area contributed by atoms with Gasteiger partial charge in [-0.15, -0.1) is 0 Å². The number of hydrogen-bond donors (Lipinski definition) is 1. The van der Waals surface area contributed by atoms with E-state index in [1.54, 1.807) is 20.8 Å². The van der Waals surface area contributed by atoms with E-state index in [9.17, 15) is 9.18 Å². The number of halogens is 2. The summed E-state index contributed by atoms with van der Waals surface area (Å²) >= 11 is 3.21. The topological polar surface area (TPSA) is 68.0 Å². The lowest BCUT2D eigenvalue weighted by atomic mass is 10.0. The van der Waals surface area contributed by atoms with Crippen LogP contribution in [0.4, 0.5) is 4.39 Å². The van der Waals surface area contributed by atoms with Crippen molar-refractivity contribution < 1.29 is 13.7 Å². The highest BCUT2D eigenvalue weighted by Crippen LogP contribution is 2.20. The molecule has 0 radical (unpaired) electrons. The van der Waals surface area contributed by atoms with Crippen LogP contribution in [0.5, 0.6) is 0 Å². The summed E-state index contributed by atoms with van der Waals surface area (Å²) in [6.07, 6.45) is 0. The van der Waals surface area contributed by atoms with Gasteiger partial charge in [-0.1, -0.05) is 21.1 Å². The fourth-order valence-electron chi connectivity index (χ4n) is 1.63. The molecule has 5 nitrogen and oxygen atoms in total. The van der Waals surface area contributed by atoms with Crippen molar-refractivity contribution in [1.29, 1.82) is 0 Å². The third-order valence-corrected chi connectivity index (χ3v) is 3.18. The van der Waals surface area contributed by atoms with Gasteiger partial charge >= 0.3 is 0 Å². The van der Waals surface area contributed by atoms with Gasteiger partial charge in [-0.3, -0.25) is 4.79 Å². The molecule has 0 aliphatic rings. The molecule has 0 aliphatic carbocycles. The van der Waals surface area contributed by atoms with Gasteiger partial charge in [0.25, 0.3) is 5.91 Å². The molecule has 7 heteroatoms. The van der Waals surface area contributed by atoms with E-state index in [-0.39, 0.29) is 5.56 Å². The highest BCUT2D eigenvalue weighted by atomic mass is 79.9. The zero-order valence-corrected chi connectivity index (χ0v) is 12.8.